The fourth-order valence-electron chi connectivity index (χ4n) is 2.89. The molecule has 148 valence electrons. The van der Waals surface area contributed by atoms with E-state index in [2.05, 4.69) is 4.98 Å². The van der Waals surface area contributed by atoms with Crippen molar-refractivity contribution in [2.24, 2.45) is 0 Å². The van der Waals surface area contributed by atoms with Crippen LogP contribution in [-0.4, -0.2) is 29.0 Å². The molecule has 0 unspecified atom stereocenters. The lowest BCUT2D eigenvalue weighted by molar-refractivity contribution is -0.131. The smallest absolute Gasteiger partial charge is 0.328 e. The Bertz CT molecular complexity index is 1120. The van der Waals surface area contributed by atoms with Crippen LogP contribution in [0.5, 0.6) is 5.88 Å². The largest absolute Gasteiger partial charge is 0.481 e. The zero-order valence-electron chi connectivity index (χ0n) is 16.0. The second-order valence-corrected chi connectivity index (χ2v) is 7.97. The number of pyridine rings is 1. The van der Waals surface area contributed by atoms with Gasteiger partial charge in [0.25, 0.3) is 0 Å². The number of carbonyl (C=O) groups is 2. The highest BCUT2D eigenvalue weighted by molar-refractivity contribution is 7.16. The van der Waals surface area contributed by atoms with Crippen LogP contribution in [0.4, 0.5) is 0 Å². The normalized spacial score (nSPS) is 11.0. The topological polar surface area (TPSA) is 76.5 Å². The van der Waals surface area contributed by atoms with Gasteiger partial charge in [0.15, 0.2) is 5.78 Å². The summed E-state index contributed by atoms with van der Waals surface area (Å²) in [6.45, 7) is 3.86. The maximum Gasteiger partial charge on any atom is 0.328 e. The monoisotopic (exact) mass is 427 g/mol. The van der Waals surface area contributed by atoms with Crippen molar-refractivity contribution in [3.05, 3.63) is 74.8 Å². The van der Waals surface area contributed by atoms with Gasteiger partial charge >= 0.3 is 5.97 Å². The standard InChI is InChI=1S/C22H18ClNO4S/c1-12-13(2)29-22(20(12)21(27)14-4-7-16(23)8-5-14)17-11-24-18(28-3)10-15(17)6-9-19(25)26/h4-11H,1-3H3,(H,25,26). The van der Waals surface area contributed by atoms with E-state index in [1.54, 1.807) is 36.5 Å². The first-order valence-corrected chi connectivity index (χ1v) is 9.87. The molecule has 0 bridgehead atoms. The van der Waals surface area contributed by atoms with Gasteiger partial charge < -0.3 is 9.84 Å². The molecule has 7 heteroatoms. The van der Waals surface area contributed by atoms with Crippen molar-refractivity contribution in [1.82, 2.24) is 4.98 Å². The zero-order valence-corrected chi connectivity index (χ0v) is 17.6. The molecule has 0 aliphatic heterocycles. The van der Waals surface area contributed by atoms with Gasteiger partial charge in [0.2, 0.25) is 5.88 Å². The number of benzene rings is 1. The molecule has 0 aliphatic rings. The number of halogens is 1. The van der Waals surface area contributed by atoms with Gasteiger partial charge in [0.05, 0.1) is 7.11 Å². The van der Waals surface area contributed by atoms with Crippen LogP contribution >= 0.6 is 22.9 Å². The van der Waals surface area contributed by atoms with Crippen molar-refractivity contribution in [2.75, 3.05) is 7.11 Å². The van der Waals surface area contributed by atoms with E-state index in [0.717, 1.165) is 21.4 Å². The molecular weight excluding hydrogens is 410 g/mol. The molecule has 3 aromatic rings. The average molecular weight is 428 g/mol. The minimum atomic E-state index is -1.07. The van der Waals surface area contributed by atoms with Crippen LogP contribution in [0.2, 0.25) is 5.02 Å². The second-order valence-electron chi connectivity index (χ2n) is 6.31. The van der Waals surface area contributed by atoms with Crippen molar-refractivity contribution < 1.29 is 19.4 Å². The van der Waals surface area contributed by atoms with Crippen molar-refractivity contribution >= 4 is 40.8 Å². The van der Waals surface area contributed by atoms with E-state index in [0.29, 0.717) is 33.2 Å². The Kier molecular flexibility index (Phi) is 6.15. The van der Waals surface area contributed by atoms with Crippen LogP contribution in [0.25, 0.3) is 16.5 Å². The summed E-state index contributed by atoms with van der Waals surface area (Å²) in [5.74, 6) is -0.834. The molecule has 0 saturated heterocycles. The highest BCUT2D eigenvalue weighted by Crippen LogP contribution is 2.39. The maximum absolute atomic E-state index is 13.3. The zero-order chi connectivity index (χ0) is 21.1. The Morgan fingerprint density at radius 3 is 2.52 bits per heavy atom. The summed E-state index contributed by atoms with van der Waals surface area (Å²) >= 11 is 7.42. The van der Waals surface area contributed by atoms with E-state index >= 15 is 0 Å². The van der Waals surface area contributed by atoms with Gasteiger partial charge in [-0.05, 0) is 55.3 Å². The summed E-state index contributed by atoms with van der Waals surface area (Å²) in [6.07, 6.45) is 4.12. The van der Waals surface area contributed by atoms with E-state index in [1.807, 2.05) is 13.8 Å². The molecule has 29 heavy (non-hydrogen) atoms. The summed E-state index contributed by atoms with van der Waals surface area (Å²) in [5.41, 5.74) is 3.26. The lowest BCUT2D eigenvalue weighted by Crippen LogP contribution is -2.04. The van der Waals surface area contributed by atoms with Crippen LogP contribution in [0.15, 0.2) is 42.6 Å². The highest BCUT2D eigenvalue weighted by atomic mass is 35.5. The fraction of sp³-hybridized carbons (Fsp3) is 0.136. The number of carboxylic acids is 1. The number of carboxylic acid groups (broad SMARTS) is 1. The molecular formula is C22H18ClNO4S. The molecule has 1 N–H and O–H groups in total. The van der Waals surface area contributed by atoms with Crippen molar-refractivity contribution in [2.45, 2.75) is 13.8 Å². The molecule has 0 atom stereocenters. The number of ketones is 1. The third-order valence-electron chi connectivity index (χ3n) is 4.49. The van der Waals surface area contributed by atoms with Crippen molar-refractivity contribution in [3.63, 3.8) is 0 Å². The van der Waals surface area contributed by atoms with Crippen LogP contribution in [-0.2, 0) is 4.79 Å². The predicted octanol–water partition coefficient (Wildman–Crippen LogP) is 5.42. The number of methoxy groups -OCH3 is 1. The predicted molar refractivity (Wildman–Crippen MR) is 115 cm³/mol. The first-order valence-electron chi connectivity index (χ1n) is 8.67. The Labute approximate surface area is 177 Å². The quantitative estimate of drug-likeness (QED) is 0.420. The number of rotatable bonds is 6. The average Bonchev–Trinajstić information content (AvgIpc) is 3.00. The molecule has 5 nitrogen and oxygen atoms in total. The third kappa shape index (κ3) is 4.39. The van der Waals surface area contributed by atoms with E-state index in [4.69, 9.17) is 21.4 Å². The first kappa shape index (κ1) is 20.8. The van der Waals surface area contributed by atoms with E-state index in [9.17, 15) is 9.59 Å². The van der Waals surface area contributed by atoms with Gasteiger partial charge in [-0.2, -0.15) is 0 Å². The van der Waals surface area contributed by atoms with Gasteiger partial charge in [-0.15, -0.1) is 11.3 Å². The number of hydrogen-bond acceptors (Lipinski definition) is 5. The Morgan fingerprint density at radius 2 is 1.90 bits per heavy atom. The van der Waals surface area contributed by atoms with Crippen LogP contribution < -0.4 is 4.74 Å². The highest BCUT2D eigenvalue weighted by Gasteiger charge is 2.23. The Balaban J connectivity index is 2.20. The van der Waals surface area contributed by atoms with E-state index in [1.165, 1.54) is 24.5 Å². The first-order chi connectivity index (χ1) is 13.8. The SMILES string of the molecule is COc1cc(C=CC(=O)O)c(-c2sc(C)c(C)c2C(=O)c2ccc(Cl)cc2)cn1. The van der Waals surface area contributed by atoms with Gasteiger partial charge in [0.1, 0.15) is 0 Å². The van der Waals surface area contributed by atoms with Crippen LogP contribution in [0.1, 0.15) is 31.9 Å². The van der Waals surface area contributed by atoms with Crippen LogP contribution in [0.3, 0.4) is 0 Å². The molecule has 0 amide bonds. The second kappa shape index (κ2) is 8.59. The molecule has 3 rings (SSSR count). The third-order valence-corrected chi connectivity index (χ3v) is 5.98. The summed E-state index contributed by atoms with van der Waals surface area (Å²) in [7, 11) is 1.49. The number of nitrogens with zero attached hydrogens (tertiary/aromatic N) is 1. The summed E-state index contributed by atoms with van der Waals surface area (Å²) < 4.78 is 5.17. The fourth-order valence-corrected chi connectivity index (χ4v) is 4.20. The molecule has 1 aromatic carbocycles. The Hall–Kier alpha value is -2.96. The number of ether oxygens (including phenoxy) is 1. The number of aryl methyl sites for hydroxylation is 1. The molecule has 0 radical (unpaired) electrons. The van der Waals surface area contributed by atoms with Crippen LogP contribution in [0, 0.1) is 13.8 Å². The number of aliphatic carboxylic acids is 1. The lowest BCUT2D eigenvalue weighted by Gasteiger charge is -2.10. The summed E-state index contributed by atoms with van der Waals surface area (Å²) in [4.78, 5) is 30.3. The summed E-state index contributed by atoms with van der Waals surface area (Å²) in [5, 5.41) is 9.58. The van der Waals surface area contributed by atoms with Gasteiger partial charge in [-0.3, -0.25) is 4.79 Å². The molecule has 0 aliphatic carbocycles. The minimum absolute atomic E-state index is 0.123. The minimum Gasteiger partial charge on any atom is -0.481 e. The van der Waals surface area contributed by atoms with E-state index in [-0.39, 0.29) is 5.78 Å². The maximum atomic E-state index is 13.3. The lowest BCUT2D eigenvalue weighted by atomic mass is 9.96. The molecule has 2 heterocycles. The van der Waals surface area contributed by atoms with Gasteiger partial charge in [-0.25, -0.2) is 9.78 Å². The number of thiophene rings is 1. The van der Waals surface area contributed by atoms with Crippen molar-refractivity contribution in [1.29, 1.82) is 0 Å². The Morgan fingerprint density at radius 1 is 1.21 bits per heavy atom. The number of aromatic nitrogens is 1. The van der Waals surface area contributed by atoms with E-state index < -0.39 is 5.97 Å². The number of hydrogen-bond donors (Lipinski definition) is 1. The molecule has 0 saturated carbocycles. The van der Waals surface area contributed by atoms with Gasteiger partial charge in [-0.1, -0.05) is 11.6 Å². The molecule has 0 spiro atoms. The molecule has 2 aromatic heterocycles. The molecule has 0 fully saturated rings. The van der Waals surface area contributed by atoms with Crippen molar-refractivity contribution in [3.8, 4) is 16.3 Å². The number of carbonyl (C=O) groups excluding carboxylic acids is 1. The van der Waals surface area contributed by atoms with Gasteiger partial charge in [0, 0.05) is 49.8 Å². The summed E-state index contributed by atoms with van der Waals surface area (Å²) in [6, 6.07) is 8.39.